The molecule has 1 unspecified atom stereocenters. The molecule has 1 radical (unpaired) electrons. The molecule has 0 spiro atoms. The summed E-state index contributed by atoms with van der Waals surface area (Å²) in [5, 5.41) is -0.512. The Balaban J connectivity index is 0.000000810. The largest absolute Gasteiger partial charge is 0.779 e. The van der Waals surface area contributed by atoms with E-state index in [1.807, 2.05) is 0 Å². The van der Waals surface area contributed by atoms with Crippen LogP contribution >= 0.6 is 0 Å². The van der Waals surface area contributed by atoms with Gasteiger partial charge >= 0.3 is 0 Å². The number of nitrogens with zero attached hydrogens (tertiary/aromatic N) is 1. The first-order valence-electron chi connectivity index (χ1n) is 2.59. The molecule has 1 saturated heterocycles. The molecule has 0 aromatic rings. The number of rotatable bonds is 0. The molecular formula is C5H6NO2SY-. The summed E-state index contributed by atoms with van der Waals surface area (Å²) in [6.07, 6.45) is 0.199. The molecule has 1 rings (SSSR count). The molecule has 0 saturated carbocycles. The van der Waals surface area contributed by atoms with E-state index in [1.54, 1.807) is 0 Å². The van der Waals surface area contributed by atoms with Crippen molar-refractivity contribution in [2.75, 3.05) is 7.05 Å². The monoisotopic (exact) mass is 233 g/mol. The van der Waals surface area contributed by atoms with E-state index < -0.39 is 5.25 Å². The molecule has 1 aliphatic heterocycles. The molecule has 1 aliphatic rings. The molecule has 1 heterocycles. The van der Waals surface area contributed by atoms with E-state index in [0.29, 0.717) is 0 Å². The normalized spacial score (nSPS) is 25.0. The third kappa shape index (κ3) is 1.80. The quantitative estimate of drug-likeness (QED) is 0.409. The van der Waals surface area contributed by atoms with Gasteiger partial charge in [-0.3, -0.25) is 14.5 Å². The van der Waals surface area contributed by atoms with Crippen LogP contribution in [0.5, 0.6) is 0 Å². The van der Waals surface area contributed by atoms with Crippen molar-refractivity contribution in [3.63, 3.8) is 0 Å². The summed E-state index contributed by atoms with van der Waals surface area (Å²) in [4.78, 5) is 22.4. The molecule has 10 heavy (non-hydrogen) atoms. The van der Waals surface area contributed by atoms with Crippen LogP contribution in [0.15, 0.2) is 0 Å². The fourth-order valence-electron chi connectivity index (χ4n) is 0.722. The Hall–Kier alpha value is 0.594. The summed E-state index contributed by atoms with van der Waals surface area (Å²) >= 11 is 4.67. The van der Waals surface area contributed by atoms with E-state index in [1.165, 1.54) is 7.05 Å². The van der Waals surface area contributed by atoms with Crippen molar-refractivity contribution in [2.24, 2.45) is 0 Å². The number of imide groups is 1. The summed E-state index contributed by atoms with van der Waals surface area (Å²) in [6, 6.07) is 0. The number of likely N-dealkylation sites (tertiary alicyclic amines) is 1. The van der Waals surface area contributed by atoms with Gasteiger partial charge in [0.05, 0.1) is 0 Å². The van der Waals surface area contributed by atoms with E-state index in [4.69, 9.17) is 0 Å². The first kappa shape index (κ1) is 10.6. The van der Waals surface area contributed by atoms with E-state index >= 15 is 0 Å². The Morgan fingerprint density at radius 1 is 1.60 bits per heavy atom. The van der Waals surface area contributed by atoms with Gasteiger partial charge in [0, 0.05) is 46.2 Å². The molecule has 5 heteroatoms. The van der Waals surface area contributed by atoms with E-state index in [9.17, 15) is 9.59 Å². The fraction of sp³-hybridized carbons (Fsp3) is 0.600. The van der Waals surface area contributed by atoms with Crippen LogP contribution in [0.1, 0.15) is 6.42 Å². The number of hydrogen-bond acceptors (Lipinski definition) is 3. The first-order valence-corrected chi connectivity index (χ1v) is 3.06. The van der Waals surface area contributed by atoms with Gasteiger partial charge in [0.25, 0.3) is 0 Å². The van der Waals surface area contributed by atoms with Gasteiger partial charge in [-0.15, -0.1) is 0 Å². The Bertz CT molecular complexity index is 173. The minimum Gasteiger partial charge on any atom is -0.779 e. The zero-order valence-corrected chi connectivity index (χ0v) is 9.19. The molecule has 0 aromatic heterocycles. The Morgan fingerprint density at radius 2 is 2.10 bits per heavy atom. The molecule has 0 aromatic carbocycles. The van der Waals surface area contributed by atoms with Crippen molar-refractivity contribution in [2.45, 2.75) is 11.7 Å². The second-order valence-corrected chi connectivity index (χ2v) is 2.55. The van der Waals surface area contributed by atoms with Crippen molar-refractivity contribution in [3.05, 3.63) is 0 Å². The van der Waals surface area contributed by atoms with Gasteiger partial charge < -0.3 is 12.6 Å². The summed E-state index contributed by atoms with van der Waals surface area (Å²) in [5.41, 5.74) is 0. The van der Waals surface area contributed by atoms with Crippen LogP contribution in [0.4, 0.5) is 0 Å². The van der Waals surface area contributed by atoms with Crippen LogP contribution in [0.2, 0.25) is 0 Å². The van der Waals surface area contributed by atoms with Crippen LogP contribution < -0.4 is 0 Å². The minimum absolute atomic E-state index is 0. The molecule has 1 fully saturated rings. The number of hydrogen-bond donors (Lipinski definition) is 0. The van der Waals surface area contributed by atoms with Gasteiger partial charge in [0.15, 0.2) is 0 Å². The van der Waals surface area contributed by atoms with Gasteiger partial charge in [0.2, 0.25) is 11.8 Å². The average molecular weight is 233 g/mol. The molecule has 0 N–H and O–H groups in total. The van der Waals surface area contributed by atoms with Crippen LogP contribution in [0, 0.1) is 0 Å². The average Bonchev–Trinajstić information content (AvgIpc) is 1.98. The van der Waals surface area contributed by atoms with Crippen LogP contribution in [0.3, 0.4) is 0 Å². The molecular weight excluding hydrogens is 227 g/mol. The van der Waals surface area contributed by atoms with Crippen molar-refractivity contribution >= 4 is 24.4 Å². The standard InChI is InChI=1S/C5H7NO2S.Y/c1-6-4(7)2-3(9)5(6)8;/h3,9H,2H2,1H3;/p-1. The SMILES string of the molecule is CN1C(=O)CC([S-])C1=O.[Y]. The van der Waals surface area contributed by atoms with Crippen molar-refractivity contribution in [1.82, 2.24) is 4.90 Å². The van der Waals surface area contributed by atoms with Gasteiger partial charge in [-0.1, -0.05) is 5.25 Å². The second-order valence-electron chi connectivity index (χ2n) is 1.98. The maximum Gasteiger partial charge on any atom is 0.227 e. The Kier molecular flexibility index (Phi) is 4.06. The molecule has 0 aliphatic carbocycles. The Morgan fingerprint density at radius 3 is 2.20 bits per heavy atom. The summed E-state index contributed by atoms with van der Waals surface area (Å²) in [5.74, 6) is -0.407. The van der Waals surface area contributed by atoms with Crippen LogP contribution in [0.25, 0.3) is 0 Å². The van der Waals surface area contributed by atoms with Gasteiger partial charge in [-0.2, -0.15) is 0 Å². The zero-order valence-electron chi connectivity index (χ0n) is 5.53. The van der Waals surface area contributed by atoms with E-state index in [0.717, 1.165) is 4.90 Å². The second kappa shape index (κ2) is 3.83. The zero-order chi connectivity index (χ0) is 7.02. The number of carbonyl (C=O) groups is 2. The van der Waals surface area contributed by atoms with Crippen molar-refractivity contribution in [1.29, 1.82) is 0 Å². The maximum atomic E-state index is 10.7. The van der Waals surface area contributed by atoms with Gasteiger partial charge in [-0.25, -0.2) is 0 Å². The van der Waals surface area contributed by atoms with Crippen LogP contribution in [-0.2, 0) is 54.9 Å². The maximum absolute atomic E-state index is 10.7. The summed E-state index contributed by atoms with van der Waals surface area (Å²) in [7, 11) is 1.46. The van der Waals surface area contributed by atoms with Crippen LogP contribution in [-0.4, -0.2) is 29.0 Å². The third-order valence-electron chi connectivity index (χ3n) is 1.34. The predicted octanol–water partition coefficient (Wildman–Crippen LogP) is -0.712. The van der Waals surface area contributed by atoms with Crippen molar-refractivity contribution in [3.8, 4) is 0 Å². The van der Waals surface area contributed by atoms with Crippen molar-refractivity contribution < 1.29 is 42.3 Å². The third-order valence-corrected chi connectivity index (χ3v) is 1.71. The van der Waals surface area contributed by atoms with Gasteiger partial charge in [0.1, 0.15) is 0 Å². The topological polar surface area (TPSA) is 37.4 Å². The predicted molar refractivity (Wildman–Crippen MR) is 33.5 cm³/mol. The summed E-state index contributed by atoms with van der Waals surface area (Å²) in [6.45, 7) is 0. The molecule has 2 amide bonds. The molecule has 0 bridgehead atoms. The smallest absolute Gasteiger partial charge is 0.227 e. The first-order chi connectivity index (χ1) is 4.13. The molecule has 1 atom stereocenters. The van der Waals surface area contributed by atoms with E-state index in [-0.39, 0.29) is 50.9 Å². The molecule has 3 nitrogen and oxygen atoms in total. The number of carbonyl (C=O) groups excluding carboxylic acids is 2. The Labute approximate surface area is 89.8 Å². The van der Waals surface area contributed by atoms with Gasteiger partial charge in [-0.05, 0) is 0 Å². The number of amides is 2. The van der Waals surface area contributed by atoms with E-state index in [2.05, 4.69) is 12.6 Å². The summed E-state index contributed by atoms with van der Waals surface area (Å²) < 4.78 is 0. The minimum atomic E-state index is -0.512. The molecule has 53 valence electrons. The fourth-order valence-corrected chi connectivity index (χ4v) is 1.02.